The first-order valence-electron chi connectivity index (χ1n) is 9.08. The maximum atomic E-state index is 12.6. The molecule has 140 valence electrons. The summed E-state index contributed by atoms with van der Waals surface area (Å²) in [5, 5.41) is 3.95. The van der Waals surface area contributed by atoms with Gasteiger partial charge in [0.25, 0.3) is 0 Å². The summed E-state index contributed by atoms with van der Waals surface area (Å²) in [5.41, 5.74) is 1.55. The predicted octanol–water partition coefficient (Wildman–Crippen LogP) is 4.16. The third-order valence-corrected chi connectivity index (χ3v) is 6.04. The van der Waals surface area contributed by atoms with Crippen molar-refractivity contribution in [2.24, 2.45) is 5.92 Å². The molecule has 6 heteroatoms. The number of hydrogen-bond donors (Lipinski definition) is 1. The van der Waals surface area contributed by atoms with Gasteiger partial charge in [-0.25, -0.2) is 4.79 Å². The summed E-state index contributed by atoms with van der Waals surface area (Å²) in [6.07, 6.45) is 3.34. The first-order valence-corrected chi connectivity index (χ1v) is 9.83. The van der Waals surface area contributed by atoms with Crippen molar-refractivity contribution in [3.63, 3.8) is 0 Å². The highest BCUT2D eigenvalue weighted by molar-refractivity contribution is 6.43. The van der Waals surface area contributed by atoms with Crippen LogP contribution in [-0.2, 0) is 0 Å². The molecule has 1 saturated carbocycles. The zero-order chi connectivity index (χ0) is 18.8. The highest BCUT2D eigenvalue weighted by Crippen LogP contribution is 2.33. The number of halogens is 2. The average molecular weight is 394 g/mol. The van der Waals surface area contributed by atoms with Crippen LogP contribution in [0.5, 0.6) is 0 Å². The van der Waals surface area contributed by atoms with Gasteiger partial charge in [-0.1, -0.05) is 41.1 Å². The Morgan fingerprint density at radius 1 is 1.31 bits per heavy atom. The van der Waals surface area contributed by atoms with E-state index in [0.29, 0.717) is 16.0 Å². The Hall–Kier alpha value is -1.41. The number of likely N-dealkylation sites (N-methyl/N-ethyl adjacent to an activating group) is 2. The molecule has 1 aromatic rings. The molecule has 1 heterocycles. The van der Waals surface area contributed by atoms with Crippen LogP contribution in [0.1, 0.15) is 43.4 Å². The van der Waals surface area contributed by atoms with Crippen molar-refractivity contribution in [2.45, 2.75) is 38.3 Å². The molecule has 2 unspecified atom stereocenters. The molecule has 2 aliphatic rings. The van der Waals surface area contributed by atoms with Gasteiger partial charge in [0.2, 0.25) is 0 Å². The molecule has 1 aliphatic heterocycles. The molecule has 0 aromatic heterocycles. The summed E-state index contributed by atoms with van der Waals surface area (Å²) < 4.78 is 0. The van der Waals surface area contributed by atoms with Gasteiger partial charge in [-0.3, -0.25) is 0 Å². The number of rotatable bonds is 3. The number of amides is 2. The van der Waals surface area contributed by atoms with Crippen LogP contribution in [-0.4, -0.2) is 49.1 Å². The standard InChI is InChI=1S/C20H25Cl2N3O/c1-13(23-20(26)25(3)16-10-11-24(2)12-16)17-9-8-15(18(21)19(17)22)7-6-14-4-5-14/h8-9,13-14,16H,4-5,10-12H2,1-3H3,(H,23,26). The van der Waals surface area contributed by atoms with E-state index in [2.05, 4.69) is 29.1 Å². The summed E-state index contributed by atoms with van der Waals surface area (Å²) in [7, 11) is 3.92. The molecule has 0 bridgehead atoms. The van der Waals surface area contributed by atoms with Crippen molar-refractivity contribution in [1.82, 2.24) is 15.1 Å². The maximum absolute atomic E-state index is 12.6. The second-order valence-corrected chi connectivity index (χ2v) is 8.12. The number of likely N-dealkylation sites (tertiary alicyclic amines) is 1. The van der Waals surface area contributed by atoms with Crippen molar-refractivity contribution in [3.05, 3.63) is 33.3 Å². The van der Waals surface area contributed by atoms with E-state index in [1.807, 2.05) is 26.1 Å². The lowest BCUT2D eigenvalue weighted by molar-refractivity contribution is 0.187. The summed E-state index contributed by atoms with van der Waals surface area (Å²) in [6, 6.07) is 3.70. The summed E-state index contributed by atoms with van der Waals surface area (Å²) in [4.78, 5) is 16.6. The van der Waals surface area contributed by atoms with E-state index in [1.165, 1.54) is 12.8 Å². The smallest absolute Gasteiger partial charge is 0.317 e. The minimum atomic E-state index is -0.237. The first kappa shape index (κ1) is 19.4. The minimum absolute atomic E-state index is 0.0948. The van der Waals surface area contributed by atoms with Crippen LogP contribution in [0.4, 0.5) is 4.79 Å². The number of carbonyl (C=O) groups excluding carboxylic acids is 1. The highest BCUT2D eigenvalue weighted by Gasteiger charge is 2.27. The third kappa shape index (κ3) is 4.46. The van der Waals surface area contributed by atoms with E-state index >= 15 is 0 Å². The van der Waals surface area contributed by atoms with Crippen molar-refractivity contribution in [1.29, 1.82) is 0 Å². The quantitative estimate of drug-likeness (QED) is 0.782. The van der Waals surface area contributed by atoms with Crippen molar-refractivity contribution >= 4 is 29.2 Å². The Kier molecular flexibility index (Phi) is 6.02. The lowest BCUT2D eigenvalue weighted by atomic mass is 10.1. The zero-order valence-electron chi connectivity index (χ0n) is 15.5. The highest BCUT2D eigenvalue weighted by atomic mass is 35.5. The summed E-state index contributed by atoms with van der Waals surface area (Å²) in [5.74, 6) is 6.82. The summed E-state index contributed by atoms with van der Waals surface area (Å²) >= 11 is 12.9. The predicted molar refractivity (Wildman–Crippen MR) is 107 cm³/mol. The average Bonchev–Trinajstić information content (AvgIpc) is 3.34. The van der Waals surface area contributed by atoms with Crippen LogP contribution < -0.4 is 5.32 Å². The number of urea groups is 1. The second-order valence-electron chi connectivity index (χ2n) is 7.36. The van der Waals surface area contributed by atoms with Crippen molar-refractivity contribution < 1.29 is 4.79 Å². The van der Waals surface area contributed by atoms with Gasteiger partial charge in [-0.15, -0.1) is 0 Å². The molecular weight excluding hydrogens is 369 g/mol. The fraction of sp³-hybridized carbons (Fsp3) is 0.550. The van der Waals surface area contributed by atoms with Crippen LogP contribution in [0, 0.1) is 17.8 Å². The molecular formula is C20H25Cl2N3O. The molecule has 1 aliphatic carbocycles. The monoisotopic (exact) mass is 393 g/mol. The number of nitrogens with one attached hydrogen (secondary N) is 1. The van der Waals surface area contributed by atoms with Gasteiger partial charge in [-0.2, -0.15) is 0 Å². The molecule has 0 spiro atoms. The van der Waals surface area contributed by atoms with Crippen molar-refractivity contribution in [3.8, 4) is 11.8 Å². The number of benzene rings is 1. The van der Waals surface area contributed by atoms with E-state index in [1.54, 1.807) is 4.90 Å². The lowest BCUT2D eigenvalue weighted by Crippen LogP contribution is -2.45. The topological polar surface area (TPSA) is 35.6 Å². The van der Waals surface area contributed by atoms with E-state index in [9.17, 15) is 4.79 Å². The van der Waals surface area contributed by atoms with E-state index in [0.717, 1.165) is 30.6 Å². The zero-order valence-corrected chi connectivity index (χ0v) is 17.0. The van der Waals surface area contributed by atoms with Crippen LogP contribution in [0.15, 0.2) is 12.1 Å². The third-order valence-electron chi connectivity index (χ3n) is 5.14. The van der Waals surface area contributed by atoms with E-state index in [-0.39, 0.29) is 18.1 Å². The van der Waals surface area contributed by atoms with Gasteiger partial charge in [0.1, 0.15) is 0 Å². The minimum Gasteiger partial charge on any atom is -0.331 e. The fourth-order valence-corrected chi connectivity index (χ4v) is 3.71. The van der Waals surface area contributed by atoms with Crippen molar-refractivity contribution in [2.75, 3.05) is 27.2 Å². The molecule has 26 heavy (non-hydrogen) atoms. The maximum Gasteiger partial charge on any atom is 0.317 e. The Balaban J connectivity index is 1.67. The van der Waals surface area contributed by atoms with Crippen LogP contribution in [0.3, 0.4) is 0 Å². The van der Waals surface area contributed by atoms with Gasteiger partial charge < -0.3 is 15.1 Å². The Morgan fingerprint density at radius 2 is 2.04 bits per heavy atom. The molecule has 2 atom stereocenters. The van der Waals surface area contributed by atoms with Crippen LogP contribution in [0.25, 0.3) is 0 Å². The second kappa shape index (κ2) is 8.08. The van der Waals surface area contributed by atoms with E-state index < -0.39 is 0 Å². The number of carbonyl (C=O) groups is 1. The normalized spacial score (nSPS) is 21.0. The lowest BCUT2D eigenvalue weighted by Gasteiger charge is -2.27. The largest absolute Gasteiger partial charge is 0.331 e. The molecule has 1 aromatic carbocycles. The number of nitrogens with zero attached hydrogens (tertiary/aromatic N) is 2. The van der Waals surface area contributed by atoms with Crippen LogP contribution in [0.2, 0.25) is 10.0 Å². The first-order chi connectivity index (χ1) is 12.4. The Bertz CT molecular complexity index is 751. The Labute approximate surface area is 165 Å². The van der Waals surface area contributed by atoms with Gasteiger partial charge in [0, 0.05) is 31.1 Å². The number of hydrogen-bond acceptors (Lipinski definition) is 2. The molecule has 2 fully saturated rings. The Morgan fingerprint density at radius 3 is 2.65 bits per heavy atom. The molecule has 4 nitrogen and oxygen atoms in total. The molecule has 3 rings (SSSR count). The fourth-order valence-electron chi connectivity index (χ4n) is 3.16. The SMILES string of the molecule is CC(NC(=O)N(C)C1CCN(C)C1)c1ccc(C#CC2CC2)c(Cl)c1Cl. The van der Waals surface area contributed by atoms with Gasteiger partial charge in [0.15, 0.2) is 0 Å². The molecule has 0 radical (unpaired) electrons. The molecule has 2 amide bonds. The van der Waals surface area contributed by atoms with Crippen LogP contribution >= 0.6 is 23.2 Å². The van der Waals surface area contributed by atoms with E-state index in [4.69, 9.17) is 23.2 Å². The summed E-state index contributed by atoms with van der Waals surface area (Å²) in [6.45, 7) is 3.83. The van der Waals surface area contributed by atoms with Gasteiger partial charge in [-0.05, 0) is 51.4 Å². The molecule has 1 N–H and O–H groups in total. The van der Waals surface area contributed by atoms with Gasteiger partial charge >= 0.3 is 6.03 Å². The molecule has 1 saturated heterocycles. The van der Waals surface area contributed by atoms with Gasteiger partial charge in [0.05, 0.1) is 16.1 Å².